The minimum Gasteiger partial charge on any atom is -0.490 e. The average molecular weight is 478 g/mol. The Hall–Kier alpha value is -2.53. The second-order valence-electron chi connectivity index (χ2n) is 8.63. The molecule has 0 amide bonds. The van der Waals surface area contributed by atoms with Gasteiger partial charge in [0, 0.05) is 52.3 Å². The first-order valence-electron chi connectivity index (χ1n) is 11.1. The molecule has 0 saturated heterocycles. The van der Waals surface area contributed by atoms with E-state index in [4.69, 9.17) is 9.47 Å². The molecule has 0 radical (unpaired) electrons. The van der Waals surface area contributed by atoms with E-state index in [0.29, 0.717) is 25.4 Å². The van der Waals surface area contributed by atoms with Gasteiger partial charge in [-0.25, -0.2) is 0 Å². The summed E-state index contributed by atoms with van der Waals surface area (Å²) in [6, 6.07) is 12.7. The average Bonchev–Trinajstić information content (AvgIpc) is 3.02. The predicted octanol–water partition coefficient (Wildman–Crippen LogP) is 5.61. The van der Waals surface area contributed by atoms with Gasteiger partial charge in [0.05, 0.1) is 13.2 Å². The summed E-state index contributed by atoms with van der Waals surface area (Å²) in [5.74, 6) is 1.98. The Bertz CT molecular complexity index is 1130. The van der Waals surface area contributed by atoms with E-state index in [1.54, 1.807) is 0 Å². The zero-order valence-corrected chi connectivity index (χ0v) is 18.9. The quantitative estimate of drug-likeness (QED) is 0.534. The SMILES string of the molecule is O=C1CCCC2=C1[C@@H](c1ccc(Br)cc1)C=C1c3cc4c(cc3CCN12)OCCCO4. The van der Waals surface area contributed by atoms with Crippen molar-refractivity contribution in [2.75, 3.05) is 19.8 Å². The van der Waals surface area contributed by atoms with E-state index in [-0.39, 0.29) is 5.92 Å². The molecule has 158 valence electrons. The molecule has 0 unspecified atom stereocenters. The fourth-order valence-electron chi connectivity index (χ4n) is 5.31. The number of rotatable bonds is 1. The largest absolute Gasteiger partial charge is 0.490 e. The number of Topliss-reactive ketones (excluding diaryl/α,β-unsaturated/α-hetero) is 1. The van der Waals surface area contributed by atoms with Gasteiger partial charge in [0.25, 0.3) is 0 Å². The van der Waals surface area contributed by atoms with Crippen LogP contribution < -0.4 is 9.47 Å². The molecule has 0 aromatic heterocycles. The minimum atomic E-state index is -0.0101. The monoisotopic (exact) mass is 477 g/mol. The molecule has 2 aromatic rings. The van der Waals surface area contributed by atoms with Gasteiger partial charge in [0.2, 0.25) is 0 Å². The minimum absolute atomic E-state index is 0.0101. The Morgan fingerprint density at radius 3 is 2.52 bits per heavy atom. The van der Waals surface area contributed by atoms with Crippen LogP contribution in [0.4, 0.5) is 0 Å². The van der Waals surface area contributed by atoms with Crippen molar-refractivity contribution in [2.24, 2.45) is 0 Å². The van der Waals surface area contributed by atoms with Gasteiger partial charge in [-0.15, -0.1) is 0 Å². The molecule has 0 saturated carbocycles. The van der Waals surface area contributed by atoms with Crippen LogP contribution in [0, 0.1) is 0 Å². The van der Waals surface area contributed by atoms with Gasteiger partial charge in [0.15, 0.2) is 17.3 Å². The number of carbonyl (C=O) groups excluding carboxylic acids is 1. The summed E-state index contributed by atoms with van der Waals surface area (Å²) in [4.78, 5) is 15.5. The van der Waals surface area contributed by atoms with Crippen molar-refractivity contribution >= 4 is 27.4 Å². The summed E-state index contributed by atoms with van der Waals surface area (Å²) in [5, 5.41) is 0. The number of hydrogen-bond acceptors (Lipinski definition) is 4. The van der Waals surface area contributed by atoms with E-state index in [1.807, 2.05) is 0 Å². The van der Waals surface area contributed by atoms with Crippen LogP contribution in [0.15, 0.2) is 58.2 Å². The summed E-state index contributed by atoms with van der Waals surface area (Å²) in [5.41, 5.74) is 7.10. The maximum absolute atomic E-state index is 13.1. The predicted molar refractivity (Wildman–Crippen MR) is 123 cm³/mol. The zero-order chi connectivity index (χ0) is 20.9. The number of hydrogen-bond donors (Lipinski definition) is 0. The molecule has 4 aliphatic rings. The van der Waals surface area contributed by atoms with Crippen LogP contribution in [0.25, 0.3) is 5.70 Å². The summed E-state index contributed by atoms with van der Waals surface area (Å²) in [7, 11) is 0. The van der Waals surface area contributed by atoms with E-state index in [2.05, 4.69) is 63.3 Å². The van der Waals surface area contributed by atoms with Crippen LogP contribution in [0.2, 0.25) is 0 Å². The van der Waals surface area contributed by atoms with E-state index in [1.165, 1.54) is 28.1 Å². The Morgan fingerprint density at radius 1 is 0.935 bits per heavy atom. The molecule has 1 aliphatic carbocycles. The van der Waals surface area contributed by atoms with E-state index >= 15 is 0 Å². The van der Waals surface area contributed by atoms with Crippen molar-refractivity contribution in [1.29, 1.82) is 0 Å². The van der Waals surface area contributed by atoms with E-state index in [9.17, 15) is 4.79 Å². The van der Waals surface area contributed by atoms with Crippen molar-refractivity contribution < 1.29 is 14.3 Å². The Morgan fingerprint density at radius 2 is 1.71 bits per heavy atom. The van der Waals surface area contributed by atoms with Crippen LogP contribution in [0.3, 0.4) is 0 Å². The Balaban J connectivity index is 1.51. The van der Waals surface area contributed by atoms with Gasteiger partial charge in [-0.1, -0.05) is 28.1 Å². The standard InChI is InChI=1S/C26H24BrNO3/c27-18-7-5-16(6-8-18)20-14-22-19-15-25-24(30-11-2-12-31-25)13-17(19)9-10-28(22)21-3-1-4-23(29)26(20)21/h5-8,13-15,20H,1-4,9-12H2/t20-/m1/s1. The van der Waals surface area contributed by atoms with Gasteiger partial charge in [-0.2, -0.15) is 0 Å². The number of allylic oxidation sites excluding steroid dienone is 3. The van der Waals surface area contributed by atoms with Crippen LogP contribution in [-0.4, -0.2) is 30.4 Å². The first kappa shape index (κ1) is 19.2. The lowest BCUT2D eigenvalue weighted by molar-refractivity contribution is -0.116. The van der Waals surface area contributed by atoms with Crippen molar-refractivity contribution in [3.63, 3.8) is 0 Å². The molecule has 6 rings (SSSR count). The van der Waals surface area contributed by atoms with Crippen LogP contribution in [0.5, 0.6) is 11.5 Å². The summed E-state index contributed by atoms with van der Waals surface area (Å²) in [6.45, 7) is 2.28. The zero-order valence-electron chi connectivity index (χ0n) is 17.3. The van der Waals surface area contributed by atoms with E-state index < -0.39 is 0 Å². The maximum Gasteiger partial charge on any atom is 0.161 e. The molecule has 1 atom stereocenters. The smallest absolute Gasteiger partial charge is 0.161 e. The molecule has 3 heterocycles. The normalized spacial score (nSPS) is 22.2. The van der Waals surface area contributed by atoms with Crippen LogP contribution >= 0.6 is 15.9 Å². The molecule has 5 heteroatoms. The molecule has 2 aromatic carbocycles. The highest BCUT2D eigenvalue weighted by molar-refractivity contribution is 9.10. The molecule has 4 nitrogen and oxygen atoms in total. The molecular weight excluding hydrogens is 454 g/mol. The topological polar surface area (TPSA) is 38.8 Å². The third-order valence-electron chi connectivity index (χ3n) is 6.76. The summed E-state index contributed by atoms with van der Waals surface area (Å²) >= 11 is 3.54. The Labute approximate surface area is 190 Å². The highest BCUT2D eigenvalue weighted by Gasteiger charge is 2.38. The van der Waals surface area contributed by atoms with Gasteiger partial charge < -0.3 is 14.4 Å². The number of fused-ring (bicyclic) bond motifs is 5. The molecule has 0 N–H and O–H groups in total. The highest BCUT2D eigenvalue weighted by Crippen LogP contribution is 2.48. The number of ketones is 1. The van der Waals surface area contributed by atoms with Gasteiger partial charge in [-0.05, 0) is 60.7 Å². The maximum atomic E-state index is 13.1. The first-order chi connectivity index (χ1) is 15.2. The fraction of sp³-hybridized carbons (Fsp3) is 0.346. The summed E-state index contributed by atoms with van der Waals surface area (Å²) in [6.07, 6.45) is 6.69. The fourth-order valence-corrected chi connectivity index (χ4v) is 5.57. The lowest BCUT2D eigenvalue weighted by Gasteiger charge is -2.43. The third kappa shape index (κ3) is 3.21. The van der Waals surface area contributed by atoms with Gasteiger partial charge in [-0.3, -0.25) is 4.79 Å². The van der Waals surface area contributed by atoms with Gasteiger partial charge in [0.1, 0.15) is 0 Å². The molecule has 31 heavy (non-hydrogen) atoms. The third-order valence-corrected chi connectivity index (χ3v) is 7.29. The molecule has 0 fully saturated rings. The molecule has 3 aliphatic heterocycles. The molecular formula is C26H24BrNO3. The lowest BCUT2D eigenvalue weighted by Crippen LogP contribution is -2.36. The number of carbonyl (C=O) groups is 1. The highest BCUT2D eigenvalue weighted by atomic mass is 79.9. The lowest BCUT2D eigenvalue weighted by atomic mass is 9.77. The van der Waals surface area contributed by atoms with Crippen molar-refractivity contribution in [3.8, 4) is 11.5 Å². The van der Waals surface area contributed by atoms with Crippen molar-refractivity contribution in [3.05, 3.63) is 74.9 Å². The Kier molecular flexibility index (Phi) is 4.67. The first-order valence-corrected chi connectivity index (χ1v) is 11.9. The van der Waals surface area contributed by atoms with Gasteiger partial charge >= 0.3 is 0 Å². The number of ether oxygens (including phenoxy) is 2. The molecule has 0 bridgehead atoms. The van der Waals surface area contributed by atoms with Crippen LogP contribution in [0.1, 0.15) is 48.3 Å². The molecule has 0 spiro atoms. The van der Waals surface area contributed by atoms with Crippen LogP contribution in [-0.2, 0) is 11.2 Å². The van der Waals surface area contributed by atoms with E-state index in [0.717, 1.165) is 53.8 Å². The second-order valence-corrected chi connectivity index (χ2v) is 9.54. The number of benzene rings is 2. The van der Waals surface area contributed by atoms with Crippen molar-refractivity contribution in [1.82, 2.24) is 4.90 Å². The van der Waals surface area contributed by atoms with Crippen molar-refractivity contribution in [2.45, 2.75) is 38.0 Å². The second kappa shape index (κ2) is 7.56. The number of halogens is 1. The number of nitrogens with zero attached hydrogens (tertiary/aromatic N) is 1. The summed E-state index contributed by atoms with van der Waals surface area (Å²) < 4.78 is 13.0.